The average molecular weight is 414 g/mol. The van der Waals surface area contributed by atoms with E-state index in [4.69, 9.17) is 0 Å². The largest absolute Gasteiger partial charge is 0.374 e. The minimum atomic E-state index is -0.650. The first-order valence-corrected chi connectivity index (χ1v) is 11.2. The first-order chi connectivity index (χ1) is 14.6. The Balaban J connectivity index is 1.85. The number of rotatable bonds is 6. The monoisotopic (exact) mass is 413 g/mol. The minimum Gasteiger partial charge on any atom is -0.374 e. The first kappa shape index (κ1) is 20.5. The molecule has 0 amide bonds. The van der Waals surface area contributed by atoms with Crippen LogP contribution in [0.5, 0.6) is 0 Å². The highest BCUT2D eigenvalue weighted by atomic mass is 32.1. The van der Waals surface area contributed by atoms with Gasteiger partial charge in [-0.25, -0.2) is 0 Å². The number of aliphatic hydroxyl groups excluding tert-OH is 1. The van der Waals surface area contributed by atoms with Crippen LogP contribution in [0.3, 0.4) is 0 Å². The molecule has 3 heteroatoms. The second kappa shape index (κ2) is 8.97. The zero-order chi connectivity index (χ0) is 21.1. The predicted molar refractivity (Wildman–Crippen MR) is 130 cm³/mol. The summed E-state index contributed by atoms with van der Waals surface area (Å²) in [5.74, 6) is 0. The van der Waals surface area contributed by atoms with Gasteiger partial charge in [-0.05, 0) is 65.2 Å². The van der Waals surface area contributed by atoms with Crippen LogP contribution >= 0.6 is 11.3 Å². The van der Waals surface area contributed by atoms with Crippen molar-refractivity contribution in [2.75, 3.05) is 6.54 Å². The fourth-order valence-electron chi connectivity index (χ4n) is 3.96. The SMILES string of the molecule is C/C=C(/c1ccccc1)c1sc2c(-c3cccc(C(O)NCC)c3)cccc2c1C. The molecular formula is C27H27NOS. The van der Waals surface area contributed by atoms with Gasteiger partial charge in [0.05, 0.1) is 0 Å². The van der Waals surface area contributed by atoms with E-state index in [1.54, 1.807) is 0 Å². The zero-order valence-electron chi connectivity index (χ0n) is 17.6. The highest BCUT2D eigenvalue weighted by Crippen LogP contribution is 2.42. The van der Waals surface area contributed by atoms with Crippen LogP contribution in [-0.2, 0) is 0 Å². The maximum Gasteiger partial charge on any atom is 0.131 e. The fourth-order valence-corrected chi connectivity index (χ4v) is 5.40. The van der Waals surface area contributed by atoms with Gasteiger partial charge < -0.3 is 5.11 Å². The molecule has 0 fully saturated rings. The molecule has 30 heavy (non-hydrogen) atoms. The molecule has 0 saturated carbocycles. The molecule has 1 unspecified atom stereocenters. The van der Waals surface area contributed by atoms with Gasteiger partial charge in [0.1, 0.15) is 6.23 Å². The van der Waals surface area contributed by atoms with Crippen LogP contribution in [0.1, 0.15) is 41.6 Å². The summed E-state index contributed by atoms with van der Waals surface area (Å²) in [4.78, 5) is 1.31. The Hall–Kier alpha value is -2.72. The van der Waals surface area contributed by atoms with Gasteiger partial charge in [0, 0.05) is 9.58 Å². The van der Waals surface area contributed by atoms with Crippen molar-refractivity contribution in [3.8, 4) is 11.1 Å². The van der Waals surface area contributed by atoms with Crippen LogP contribution in [0.4, 0.5) is 0 Å². The summed E-state index contributed by atoms with van der Waals surface area (Å²) in [6, 6.07) is 25.3. The van der Waals surface area contributed by atoms with E-state index in [0.717, 1.165) is 17.7 Å². The van der Waals surface area contributed by atoms with E-state index < -0.39 is 6.23 Å². The van der Waals surface area contributed by atoms with Crippen molar-refractivity contribution >= 4 is 27.0 Å². The summed E-state index contributed by atoms with van der Waals surface area (Å²) in [5, 5.41) is 14.7. The van der Waals surface area contributed by atoms with E-state index in [1.807, 2.05) is 30.4 Å². The van der Waals surface area contributed by atoms with Crippen molar-refractivity contribution in [3.63, 3.8) is 0 Å². The molecule has 4 rings (SSSR count). The molecule has 3 aromatic carbocycles. The van der Waals surface area contributed by atoms with Gasteiger partial charge in [-0.3, -0.25) is 5.32 Å². The molecule has 1 heterocycles. The van der Waals surface area contributed by atoms with E-state index >= 15 is 0 Å². The Morgan fingerprint density at radius 1 is 1.03 bits per heavy atom. The summed E-state index contributed by atoms with van der Waals surface area (Å²) in [7, 11) is 0. The second-order valence-corrected chi connectivity index (χ2v) is 8.41. The van der Waals surface area contributed by atoms with E-state index in [-0.39, 0.29) is 0 Å². The zero-order valence-corrected chi connectivity index (χ0v) is 18.5. The standard InChI is InChI=1S/C27H27NOS/c1-4-22(19-11-7-6-8-12-19)25-18(3)23-15-10-16-24(26(23)30-25)20-13-9-14-21(17-20)27(29)28-5-2/h4,6-17,27-29H,5H2,1-3H3/b22-4-. The highest BCUT2D eigenvalue weighted by Gasteiger charge is 2.17. The molecule has 152 valence electrons. The van der Waals surface area contributed by atoms with E-state index in [1.165, 1.54) is 37.2 Å². The third-order valence-corrected chi connectivity index (χ3v) is 6.87. The van der Waals surface area contributed by atoms with E-state index in [9.17, 15) is 5.11 Å². The number of nitrogens with one attached hydrogen (secondary N) is 1. The highest BCUT2D eigenvalue weighted by molar-refractivity contribution is 7.21. The summed E-state index contributed by atoms with van der Waals surface area (Å²) >= 11 is 1.85. The molecular weight excluding hydrogens is 386 g/mol. The number of hydrogen-bond acceptors (Lipinski definition) is 3. The summed E-state index contributed by atoms with van der Waals surface area (Å²) in [6.07, 6.45) is 1.56. The van der Waals surface area contributed by atoms with E-state index in [0.29, 0.717) is 0 Å². The maximum atomic E-state index is 10.4. The number of benzene rings is 3. The molecule has 0 radical (unpaired) electrons. The van der Waals surface area contributed by atoms with Crippen molar-refractivity contribution in [2.45, 2.75) is 27.0 Å². The number of hydrogen-bond donors (Lipinski definition) is 2. The predicted octanol–water partition coefficient (Wildman–Crippen LogP) is 6.93. The van der Waals surface area contributed by atoms with E-state index in [2.05, 4.69) is 85.9 Å². The van der Waals surface area contributed by atoms with Crippen LogP contribution in [0.15, 0.2) is 78.9 Å². The summed E-state index contributed by atoms with van der Waals surface area (Å²) < 4.78 is 1.29. The number of aryl methyl sites for hydroxylation is 1. The number of aliphatic hydroxyl groups is 1. The third kappa shape index (κ3) is 3.84. The van der Waals surface area contributed by atoms with Crippen molar-refractivity contribution in [1.29, 1.82) is 0 Å². The van der Waals surface area contributed by atoms with Crippen LogP contribution in [0.25, 0.3) is 26.8 Å². The Kier molecular flexibility index (Phi) is 6.14. The van der Waals surface area contributed by atoms with Gasteiger partial charge in [-0.15, -0.1) is 11.3 Å². The van der Waals surface area contributed by atoms with Gasteiger partial charge in [0.2, 0.25) is 0 Å². The Morgan fingerprint density at radius 2 is 1.80 bits per heavy atom. The van der Waals surface area contributed by atoms with Crippen molar-refractivity contribution in [2.24, 2.45) is 0 Å². The van der Waals surface area contributed by atoms with Gasteiger partial charge in [-0.2, -0.15) is 0 Å². The molecule has 0 spiro atoms. The molecule has 4 aromatic rings. The van der Waals surface area contributed by atoms with Crippen LogP contribution < -0.4 is 5.32 Å². The molecule has 1 atom stereocenters. The van der Waals surface area contributed by atoms with Crippen LogP contribution in [-0.4, -0.2) is 11.7 Å². The lowest BCUT2D eigenvalue weighted by Crippen LogP contribution is -2.19. The average Bonchev–Trinajstić information content (AvgIpc) is 3.12. The van der Waals surface area contributed by atoms with Crippen molar-refractivity contribution in [1.82, 2.24) is 5.32 Å². The Morgan fingerprint density at radius 3 is 2.53 bits per heavy atom. The van der Waals surface area contributed by atoms with Crippen molar-refractivity contribution in [3.05, 3.63) is 100 Å². The molecule has 0 aliphatic heterocycles. The Bertz CT molecular complexity index is 1190. The molecule has 0 bridgehead atoms. The first-order valence-electron chi connectivity index (χ1n) is 10.4. The smallest absolute Gasteiger partial charge is 0.131 e. The lowest BCUT2D eigenvalue weighted by Gasteiger charge is -2.13. The molecule has 0 saturated heterocycles. The lowest BCUT2D eigenvalue weighted by molar-refractivity contribution is 0.142. The van der Waals surface area contributed by atoms with Gasteiger partial charge in [0.15, 0.2) is 0 Å². The fraction of sp³-hybridized carbons (Fsp3) is 0.185. The van der Waals surface area contributed by atoms with Crippen molar-refractivity contribution < 1.29 is 5.11 Å². The molecule has 0 aliphatic rings. The maximum absolute atomic E-state index is 10.4. The summed E-state index contributed by atoms with van der Waals surface area (Å²) in [6.45, 7) is 7.05. The molecule has 0 aliphatic carbocycles. The second-order valence-electron chi connectivity index (χ2n) is 7.39. The van der Waals surface area contributed by atoms with Crippen LogP contribution in [0, 0.1) is 6.92 Å². The molecule has 1 aromatic heterocycles. The quantitative estimate of drug-likeness (QED) is 0.336. The Labute approximate surface area is 182 Å². The van der Waals surface area contributed by atoms with Crippen LogP contribution in [0.2, 0.25) is 0 Å². The molecule has 2 N–H and O–H groups in total. The minimum absolute atomic E-state index is 0.650. The number of fused-ring (bicyclic) bond motifs is 1. The topological polar surface area (TPSA) is 32.3 Å². The van der Waals surface area contributed by atoms with Gasteiger partial charge in [-0.1, -0.05) is 79.7 Å². The summed E-state index contributed by atoms with van der Waals surface area (Å²) in [5.41, 5.74) is 7.06. The number of allylic oxidation sites excluding steroid dienone is 1. The van der Waals surface area contributed by atoms with Gasteiger partial charge >= 0.3 is 0 Å². The lowest BCUT2D eigenvalue weighted by atomic mass is 9.98. The molecule has 2 nitrogen and oxygen atoms in total. The third-order valence-electron chi connectivity index (χ3n) is 5.49. The van der Waals surface area contributed by atoms with Gasteiger partial charge in [0.25, 0.3) is 0 Å². The normalized spacial score (nSPS) is 13.0. The number of thiophene rings is 1.